The molecule has 0 spiro atoms. The Morgan fingerprint density at radius 3 is 2.41 bits per heavy atom. The number of carbonyl (C=O) groups is 2. The Kier molecular flexibility index (Phi) is 8.66. The average molecular weight is 262 g/mol. The van der Waals surface area contributed by atoms with Crippen LogP contribution in [0.25, 0.3) is 0 Å². The van der Waals surface area contributed by atoms with Gasteiger partial charge in [-0.3, -0.25) is 0 Å². The highest BCUT2D eigenvalue weighted by atomic mass is 32.2. The van der Waals surface area contributed by atoms with Gasteiger partial charge in [0.1, 0.15) is 6.04 Å². The predicted molar refractivity (Wildman–Crippen MR) is 70.4 cm³/mol. The highest BCUT2D eigenvalue weighted by Crippen LogP contribution is 2.01. The number of carbonyl (C=O) groups excluding carboxylic acids is 1. The van der Waals surface area contributed by atoms with Gasteiger partial charge >= 0.3 is 12.0 Å². The summed E-state index contributed by atoms with van der Waals surface area (Å²) in [5, 5.41) is 14.0. The van der Waals surface area contributed by atoms with Crippen LogP contribution in [0.5, 0.6) is 0 Å². The van der Waals surface area contributed by atoms with E-state index in [-0.39, 0.29) is 5.92 Å². The van der Waals surface area contributed by atoms with Gasteiger partial charge in [-0.1, -0.05) is 13.8 Å². The smallest absolute Gasteiger partial charge is 0.326 e. The molecule has 0 rings (SSSR count). The van der Waals surface area contributed by atoms with Gasteiger partial charge in [0.05, 0.1) is 0 Å². The van der Waals surface area contributed by atoms with Gasteiger partial charge in [0.2, 0.25) is 0 Å². The molecule has 3 N–H and O–H groups in total. The highest BCUT2D eigenvalue weighted by molar-refractivity contribution is 7.98. The van der Waals surface area contributed by atoms with Crippen molar-refractivity contribution < 1.29 is 14.7 Å². The maximum Gasteiger partial charge on any atom is 0.326 e. The maximum atomic E-state index is 11.4. The summed E-state index contributed by atoms with van der Waals surface area (Å²) in [6.45, 7) is 4.10. The number of hydrogen-bond donors (Lipinski definition) is 3. The minimum Gasteiger partial charge on any atom is -0.480 e. The Hall–Kier alpha value is -0.910. The molecule has 0 fully saturated rings. The van der Waals surface area contributed by atoms with E-state index in [9.17, 15) is 9.59 Å². The van der Waals surface area contributed by atoms with E-state index in [1.807, 2.05) is 6.26 Å². The molecule has 6 heteroatoms. The predicted octanol–water partition coefficient (Wildman–Crippen LogP) is 1.54. The molecule has 0 aliphatic rings. The van der Waals surface area contributed by atoms with Crippen molar-refractivity contribution >= 4 is 23.8 Å². The summed E-state index contributed by atoms with van der Waals surface area (Å²) in [5.74, 6) is -0.0557. The number of amides is 2. The number of nitrogens with one attached hydrogen (secondary N) is 2. The Labute approximate surface area is 107 Å². The molecule has 100 valence electrons. The molecule has 0 aromatic carbocycles. The average Bonchev–Trinajstić information content (AvgIpc) is 2.24. The van der Waals surface area contributed by atoms with Crippen LogP contribution in [0.1, 0.15) is 26.7 Å². The van der Waals surface area contributed by atoms with Crippen LogP contribution < -0.4 is 10.6 Å². The molecule has 17 heavy (non-hydrogen) atoms. The number of aliphatic carboxylic acids is 1. The van der Waals surface area contributed by atoms with Crippen molar-refractivity contribution in [2.45, 2.75) is 32.7 Å². The van der Waals surface area contributed by atoms with Crippen molar-refractivity contribution in [3.05, 3.63) is 0 Å². The standard InChI is InChI=1S/C11H22N2O3S/c1-8(2)9(10(14)15)13-11(16)12-6-4-5-7-17-3/h8-9H,4-7H2,1-3H3,(H,14,15)(H2,12,13,16)/t9-/m0/s1. The van der Waals surface area contributed by atoms with Gasteiger partial charge in [-0.25, -0.2) is 9.59 Å². The quantitative estimate of drug-likeness (QED) is 0.580. The van der Waals surface area contributed by atoms with E-state index in [1.54, 1.807) is 25.6 Å². The van der Waals surface area contributed by atoms with Crippen molar-refractivity contribution in [1.29, 1.82) is 0 Å². The number of thioether (sulfide) groups is 1. The number of carboxylic acids is 1. The van der Waals surface area contributed by atoms with Crippen LogP contribution in [-0.2, 0) is 4.79 Å². The van der Waals surface area contributed by atoms with E-state index in [4.69, 9.17) is 5.11 Å². The molecular weight excluding hydrogens is 240 g/mol. The zero-order chi connectivity index (χ0) is 13.3. The van der Waals surface area contributed by atoms with E-state index < -0.39 is 18.0 Å². The molecule has 0 aromatic rings. The molecule has 0 aliphatic carbocycles. The molecule has 2 amide bonds. The zero-order valence-corrected chi connectivity index (χ0v) is 11.5. The summed E-state index contributed by atoms with van der Waals surface area (Å²) in [6.07, 6.45) is 4.00. The van der Waals surface area contributed by atoms with Crippen molar-refractivity contribution in [2.75, 3.05) is 18.6 Å². The second kappa shape index (κ2) is 9.15. The molecule has 0 unspecified atom stereocenters. The summed E-state index contributed by atoms with van der Waals surface area (Å²) in [6, 6.07) is -1.24. The number of carboxylic acid groups (broad SMARTS) is 1. The minimum atomic E-state index is -1.00. The third-order valence-electron chi connectivity index (χ3n) is 2.28. The van der Waals surface area contributed by atoms with E-state index in [0.717, 1.165) is 18.6 Å². The maximum absolute atomic E-state index is 11.4. The lowest BCUT2D eigenvalue weighted by molar-refractivity contribution is -0.140. The Morgan fingerprint density at radius 1 is 1.29 bits per heavy atom. The number of unbranched alkanes of at least 4 members (excludes halogenated alkanes) is 1. The van der Waals surface area contributed by atoms with Crippen LogP contribution in [0.4, 0.5) is 4.79 Å². The normalized spacial score (nSPS) is 12.2. The van der Waals surface area contributed by atoms with Crippen LogP contribution in [-0.4, -0.2) is 41.7 Å². The summed E-state index contributed by atoms with van der Waals surface area (Å²) in [5.41, 5.74) is 0. The fraction of sp³-hybridized carbons (Fsp3) is 0.818. The first-order chi connectivity index (χ1) is 7.99. The largest absolute Gasteiger partial charge is 0.480 e. The molecule has 0 aromatic heterocycles. The van der Waals surface area contributed by atoms with E-state index in [0.29, 0.717) is 6.54 Å². The van der Waals surface area contributed by atoms with Crippen LogP contribution in [0.3, 0.4) is 0 Å². The lowest BCUT2D eigenvalue weighted by atomic mass is 10.1. The lowest BCUT2D eigenvalue weighted by Crippen LogP contribution is -2.48. The van der Waals surface area contributed by atoms with E-state index >= 15 is 0 Å². The Bertz CT molecular complexity index is 247. The first-order valence-electron chi connectivity index (χ1n) is 5.75. The molecule has 1 atom stereocenters. The van der Waals surface area contributed by atoms with Gasteiger partial charge < -0.3 is 15.7 Å². The molecular formula is C11H22N2O3S. The number of rotatable bonds is 8. The first kappa shape index (κ1) is 16.1. The summed E-state index contributed by atoms with van der Waals surface area (Å²) in [7, 11) is 0. The molecule has 0 saturated carbocycles. The second-order valence-electron chi connectivity index (χ2n) is 4.16. The van der Waals surface area contributed by atoms with Gasteiger partial charge in [0.25, 0.3) is 0 Å². The fourth-order valence-corrected chi connectivity index (χ4v) is 1.77. The Balaban J connectivity index is 3.80. The topological polar surface area (TPSA) is 78.4 Å². The van der Waals surface area contributed by atoms with Crippen molar-refractivity contribution in [2.24, 2.45) is 5.92 Å². The molecule has 0 aliphatic heterocycles. The summed E-state index contributed by atoms with van der Waals surface area (Å²) >= 11 is 1.77. The fourth-order valence-electron chi connectivity index (χ4n) is 1.28. The van der Waals surface area contributed by atoms with E-state index in [2.05, 4.69) is 10.6 Å². The number of hydrogen-bond acceptors (Lipinski definition) is 3. The highest BCUT2D eigenvalue weighted by Gasteiger charge is 2.22. The van der Waals surface area contributed by atoms with Crippen LogP contribution in [0.15, 0.2) is 0 Å². The van der Waals surface area contributed by atoms with Crippen molar-refractivity contribution in [3.63, 3.8) is 0 Å². The molecule has 5 nitrogen and oxygen atoms in total. The summed E-state index contributed by atoms with van der Waals surface area (Å²) < 4.78 is 0. The van der Waals surface area contributed by atoms with Crippen LogP contribution in [0.2, 0.25) is 0 Å². The second-order valence-corrected chi connectivity index (χ2v) is 5.15. The Morgan fingerprint density at radius 2 is 1.94 bits per heavy atom. The SMILES string of the molecule is CSCCCCNC(=O)N[C@H](C(=O)O)C(C)C. The van der Waals surface area contributed by atoms with Gasteiger partial charge in [-0.15, -0.1) is 0 Å². The van der Waals surface area contributed by atoms with Gasteiger partial charge in [-0.05, 0) is 30.8 Å². The summed E-state index contributed by atoms with van der Waals surface area (Å²) in [4.78, 5) is 22.3. The van der Waals surface area contributed by atoms with E-state index in [1.165, 1.54) is 0 Å². The minimum absolute atomic E-state index is 0.130. The van der Waals surface area contributed by atoms with Gasteiger partial charge in [-0.2, -0.15) is 11.8 Å². The zero-order valence-electron chi connectivity index (χ0n) is 10.7. The van der Waals surface area contributed by atoms with Crippen molar-refractivity contribution in [1.82, 2.24) is 10.6 Å². The molecule has 0 radical (unpaired) electrons. The lowest BCUT2D eigenvalue weighted by Gasteiger charge is -2.18. The first-order valence-corrected chi connectivity index (χ1v) is 7.14. The third-order valence-corrected chi connectivity index (χ3v) is 2.98. The number of urea groups is 1. The van der Waals surface area contributed by atoms with Gasteiger partial charge in [0.15, 0.2) is 0 Å². The van der Waals surface area contributed by atoms with Crippen LogP contribution in [0, 0.1) is 5.92 Å². The monoisotopic (exact) mass is 262 g/mol. The van der Waals surface area contributed by atoms with Crippen LogP contribution >= 0.6 is 11.8 Å². The van der Waals surface area contributed by atoms with Gasteiger partial charge in [0, 0.05) is 6.54 Å². The molecule has 0 bridgehead atoms. The molecule has 0 saturated heterocycles. The third kappa shape index (κ3) is 7.90. The molecule has 0 heterocycles. The van der Waals surface area contributed by atoms with Crippen molar-refractivity contribution in [3.8, 4) is 0 Å².